The number of nitrogens with zero attached hydrogens (tertiary/aromatic N) is 3. The van der Waals surface area contributed by atoms with Crippen LogP contribution in [0.3, 0.4) is 0 Å². The molecule has 1 aliphatic rings. The molecule has 1 fully saturated rings. The van der Waals surface area contributed by atoms with Gasteiger partial charge in [-0.25, -0.2) is 0 Å². The van der Waals surface area contributed by atoms with Crippen LogP contribution < -0.4 is 5.73 Å². The summed E-state index contributed by atoms with van der Waals surface area (Å²) >= 11 is 0. The summed E-state index contributed by atoms with van der Waals surface area (Å²) < 4.78 is 7.37. The second-order valence-corrected chi connectivity index (χ2v) is 4.42. The summed E-state index contributed by atoms with van der Waals surface area (Å²) in [6.45, 7) is 5.63. The minimum absolute atomic E-state index is 0.346. The lowest BCUT2D eigenvalue weighted by atomic mass is 9.90. The maximum Gasteiger partial charge on any atom is 0.153 e. The summed E-state index contributed by atoms with van der Waals surface area (Å²) in [4.78, 5) is 0. The summed E-state index contributed by atoms with van der Waals surface area (Å²) in [7, 11) is 0. The van der Waals surface area contributed by atoms with E-state index in [4.69, 9.17) is 10.5 Å². The zero-order chi connectivity index (χ0) is 10.9. The molecule has 1 aromatic heterocycles. The average Bonchev–Trinajstić information content (AvgIpc) is 2.67. The average molecular weight is 210 g/mol. The number of nitrogens with two attached hydrogens (primary N) is 1. The number of hydrogen-bond acceptors (Lipinski definition) is 4. The van der Waals surface area contributed by atoms with Crippen LogP contribution >= 0.6 is 0 Å². The first-order chi connectivity index (χ1) is 7.13. The van der Waals surface area contributed by atoms with E-state index < -0.39 is 0 Å². The number of aromatic nitrogens is 3. The summed E-state index contributed by atoms with van der Waals surface area (Å²) in [6, 6.07) is 0.346. The molecule has 0 spiro atoms. The van der Waals surface area contributed by atoms with E-state index in [1.165, 1.54) is 0 Å². The molecule has 0 radical (unpaired) electrons. The fraction of sp³-hybridized carbons (Fsp3) is 0.800. The monoisotopic (exact) mass is 210 g/mol. The Balaban J connectivity index is 2.30. The molecular formula is C10H18N4O. The molecule has 0 bridgehead atoms. The fourth-order valence-electron chi connectivity index (χ4n) is 1.94. The Kier molecular flexibility index (Phi) is 2.75. The van der Waals surface area contributed by atoms with Crippen molar-refractivity contribution in [3.8, 4) is 0 Å². The highest BCUT2D eigenvalue weighted by molar-refractivity contribution is 5.07. The molecule has 1 aliphatic heterocycles. The SMILES string of the molecule is CC(C)n1cnnc1C1(N)CCOCC1. The van der Waals surface area contributed by atoms with Crippen LogP contribution in [0.15, 0.2) is 6.33 Å². The van der Waals surface area contributed by atoms with E-state index >= 15 is 0 Å². The molecule has 1 saturated heterocycles. The lowest BCUT2D eigenvalue weighted by molar-refractivity contribution is 0.0474. The van der Waals surface area contributed by atoms with Gasteiger partial charge in [0.05, 0.1) is 5.54 Å². The Bertz CT molecular complexity index is 328. The normalized spacial score (nSPS) is 20.8. The molecule has 0 aliphatic carbocycles. The topological polar surface area (TPSA) is 66.0 Å². The number of ether oxygens (including phenoxy) is 1. The van der Waals surface area contributed by atoms with E-state index in [-0.39, 0.29) is 5.54 Å². The Morgan fingerprint density at radius 2 is 2.13 bits per heavy atom. The van der Waals surface area contributed by atoms with Crippen molar-refractivity contribution in [2.75, 3.05) is 13.2 Å². The van der Waals surface area contributed by atoms with E-state index in [0.29, 0.717) is 19.3 Å². The molecule has 5 nitrogen and oxygen atoms in total. The summed E-state index contributed by atoms with van der Waals surface area (Å²) in [5, 5.41) is 8.12. The van der Waals surface area contributed by atoms with E-state index in [1.807, 2.05) is 4.57 Å². The van der Waals surface area contributed by atoms with Gasteiger partial charge in [0.25, 0.3) is 0 Å². The Morgan fingerprint density at radius 3 is 2.73 bits per heavy atom. The third kappa shape index (κ3) is 1.89. The highest BCUT2D eigenvalue weighted by Crippen LogP contribution is 2.28. The van der Waals surface area contributed by atoms with E-state index in [2.05, 4.69) is 24.0 Å². The lowest BCUT2D eigenvalue weighted by Crippen LogP contribution is -2.44. The highest BCUT2D eigenvalue weighted by Gasteiger charge is 2.35. The maximum atomic E-state index is 6.36. The van der Waals surface area contributed by atoms with Gasteiger partial charge in [0, 0.05) is 19.3 Å². The Labute approximate surface area is 89.6 Å². The third-order valence-corrected chi connectivity index (χ3v) is 2.96. The lowest BCUT2D eigenvalue weighted by Gasteiger charge is -2.33. The van der Waals surface area contributed by atoms with Crippen LogP contribution in [-0.2, 0) is 10.3 Å². The molecule has 0 saturated carbocycles. The third-order valence-electron chi connectivity index (χ3n) is 2.96. The molecule has 84 valence electrons. The Morgan fingerprint density at radius 1 is 1.47 bits per heavy atom. The Hall–Kier alpha value is -0.940. The molecule has 2 rings (SSSR count). The predicted octanol–water partition coefficient (Wildman–Crippen LogP) is 0.823. The second-order valence-electron chi connectivity index (χ2n) is 4.42. The first kappa shape index (κ1) is 10.6. The maximum absolute atomic E-state index is 6.36. The van der Waals surface area contributed by atoms with Crippen molar-refractivity contribution in [3.05, 3.63) is 12.2 Å². The van der Waals surface area contributed by atoms with Crippen LogP contribution in [0.1, 0.15) is 38.6 Å². The molecule has 0 aromatic carbocycles. The van der Waals surface area contributed by atoms with Crippen molar-refractivity contribution >= 4 is 0 Å². The quantitative estimate of drug-likeness (QED) is 0.785. The van der Waals surface area contributed by atoms with Crippen LogP contribution in [0.25, 0.3) is 0 Å². The zero-order valence-corrected chi connectivity index (χ0v) is 9.31. The molecule has 0 unspecified atom stereocenters. The first-order valence-corrected chi connectivity index (χ1v) is 5.40. The molecule has 15 heavy (non-hydrogen) atoms. The molecular weight excluding hydrogens is 192 g/mol. The van der Waals surface area contributed by atoms with Gasteiger partial charge in [-0.3, -0.25) is 0 Å². The van der Waals surface area contributed by atoms with Gasteiger partial charge in [0.2, 0.25) is 0 Å². The minimum Gasteiger partial charge on any atom is -0.381 e. The van der Waals surface area contributed by atoms with Crippen molar-refractivity contribution in [1.82, 2.24) is 14.8 Å². The van der Waals surface area contributed by atoms with Crippen LogP contribution in [0, 0.1) is 0 Å². The molecule has 2 heterocycles. The largest absolute Gasteiger partial charge is 0.381 e. The van der Waals surface area contributed by atoms with Crippen molar-refractivity contribution in [1.29, 1.82) is 0 Å². The first-order valence-electron chi connectivity index (χ1n) is 5.40. The molecule has 5 heteroatoms. The standard InChI is InChI=1S/C10H18N4O/c1-8(2)14-7-12-13-9(14)10(11)3-5-15-6-4-10/h7-8H,3-6,11H2,1-2H3. The van der Waals surface area contributed by atoms with Gasteiger partial charge in [-0.15, -0.1) is 10.2 Å². The van der Waals surface area contributed by atoms with Crippen molar-refractivity contribution in [3.63, 3.8) is 0 Å². The van der Waals surface area contributed by atoms with Crippen LogP contribution in [-0.4, -0.2) is 28.0 Å². The predicted molar refractivity (Wildman–Crippen MR) is 56.3 cm³/mol. The summed E-state index contributed by atoms with van der Waals surface area (Å²) in [5.74, 6) is 0.890. The van der Waals surface area contributed by atoms with Gasteiger partial charge in [-0.05, 0) is 26.7 Å². The zero-order valence-electron chi connectivity index (χ0n) is 9.31. The molecule has 0 atom stereocenters. The van der Waals surface area contributed by atoms with Gasteiger partial charge < -0.3 is 15.0 Å². The van der Waals surface area contributed by atoms with Gasteiger partial charge in [-0.1, -0.05) is 0 Å². The van der Waals surface area contributed by atoms with E-state index in [1.54, 1.807) is 6.33 Å². The van der Waals surface area contributed by atoms with Gasteiger partial charge in [0.1, 0.15) is 6.33 Å². The number of hydrogen-bond donors (Lipinski definition) is 1. The minimum atomic E-state index is -0.362. The van der Waals surface area contributed by atoms with Crippen LogP contribution in [0.2, 0.25) is 0 Å². The van der Waals surface area contributed by atoms with Crippen LogP contribution in [0.4, 0.5) is 0 Å². The van der Waals surface area contributed by atoms with E-state index in [0.717, 1.165) is 18.7 Å². The van der Waals surface area contributed by atoms with E-state index in [9.17, 15) is 0 Å². The van der Waals surface area contributed by atoms with Crippen molar-refractivity contribution in [2.24, 2.45) is 5.73 Å². The molecule has 1 aromatic rings. The van der Waals surface area contributed by atoms with Crippen molar-refractivity contribution in [2.45, 2.75) is 38.3 Å². The highest BCUT2D eigenvalue weighted by atomic mass is 16.5. The van der Waals surface area contributed by atoms with Gasteiger partial charge >= 0.3 is 0 Å². The number of rotatable bonds is 2. The second kappa shape index (κ2) is 3.90. The summed E-state index contributed by atoms with van der Waals surface area (Å²) in [5.41, 5.74) is 6.00. The smallest absolute Gasteiger partial charge is 0.153 e. The van der Waals surface area contributed by atoms with Crippen LogP contribution in [0.5, 0.6) is 0 Å². The molecule has 2 N–H and O–H groups in total. The van der Waals surface area contributed by atoms with Crippen molar-refractivity contribution < 1.29 is 4.74 Å². The van der Waals surface area contributed by atoms with Gasteiger partial charge in [0.15, 0.2) is 5.82 Å². The molecule has 0 amide bonds. The summed E-state index contributed by atoms with van der Waals surface area (Å²) in [6.07, 6.45) is 3.39. The van der Waals surface area contributed by atoms with Gasteiger partial charge in [-0.2, -0.15) is 0 Å². The fourth-order valence-corrected chi connectivity index (χ4v) is 1.94.